The van der Waals surface area contributed by atoms with E-state index in [1.165, 1.54) is 0 Å². The van der Waals surface area contributed by atoms with Gasteiger partial charge in [0.15, 0.2) is 0 Å². The number of imidazole rings is 1. The minimum atomic E-state index is -1.42. The van der Waals surface area contributed by atoms with Gasteiger partial charge in [-0.3, -0.25) is 9.59 Å². The van der Waals surface area contributed by atoms with Crippen LogP contribution in [0.2, 0.25) is 0 Å². The van der Waals surface area contributed by atoms with Gasteiger partial charge in [-0.15, -0.1) is 0 Å². The lowest BCUT2D eigenvalue weighted by molar-refractivity contribution is -0.147. The number of nitrogens with one attached hydrogen (secondary N) is 1. The molecule has 0 spiro atoms. The van der Waals surface area contributed by atoms with Crippen LogP contribution in [0.1, 0.15) is 38.6 Å². The van der Waals surface area contributed by atoms with Crippen molar-refractivity contribution in [3.05, 3.63) is 18.7 Å². The van der Waals surface area contributed by atoms with Gasteiger partial charge < -0.3 is 20.1 Å². The van der Waals surface area contributed by atoms with Gasteiger partial charge in [-0.05, 0) is 6.42 Å². The van der Waals surface area contributed by atoms with Crippen LogP contribution in [0.25, 0.3) is 0 Å². The zero-order chi connectivity index (χ0) is 15.8. The van der Waals surface area contributed by atoms with Crippen LogP contribution in [-0.2, 0) is 14.4 Å². The highest BCUT2D eigenvalue weighted by Gasteiger charge is 2.24. The summed E-state index contributed by atoms with van der Waals surface area (Å²) in [4.78, 5) is 37.3. The third kappa shape index (κ3) is 5.64. The van der Waals surface area contributed by atoms with Gasteiger partial charge in [0, 0.05) is 24.9 Å². The molecule has 0 fully saturated rings. The molecule has 116 valence electrons. The number of carbonyl (C=O) groups excluding carboxylic acids is 1. The molecule has 8 nitrogen and oxygen atoms in total. The molecule has 1 rings (SSSR count). The summed E-state index contributed by atoms with van der Waals surface area (Å²) >= 11 is 0. The SMILES string of the molecule is CCCC(CC(=O)N[C@@H](CC(=O)O)C(=O)O)n1ccnc1. The molecular formula is C13H19N3O5. The van der Waals surface area contributed by atoms with Crippen LogP contribution in [0.5, 0.6) is 0 Å². The summed E-state index contributed by atoms with van der Waals surface area (Å²) in [6.45, 7) is 1.98. The molecule has 0 saturated heterocycles. The van der Waals surface area contributed by atoms with E-state index in [0.29, 0.717) is 0 Å². The molecule has 1 amide bonds. The minimum absolute atomic E-state index is 0.0770. The Hall–Kier alpha value is -2.38. The van der Waals surface area contributed by atoms with E-state index in [9.17, 15) is 14.4 Å². The highest BCUT2D eigenvalue weighted by molar-refractivity contribution is 5.86. The van der Waals surface area contributed by atoms with Gasteiger partial charge in [-0.2, -0.15) is 0 Å². The topological polar surface area (TPSA) is 122 Å². The Kier molecular flexibility index (Phi) is 6.38. The van der Waals surface area contributed by atoms with E-state index < -0.39 is 30.3 Å². The van der Waals surface area contributed by atoms with E-state index in [-0.39, 0.29) is 12.5 Å². The lowest BCUT2D eigenvalue weighted by Gasteiger charge is -2.19. The normalized spacial score (nSPS) is 13.4. The molecule has 0 radical (unpaired) electrons. The van der Waals surface area contributed by atoms with Crippen LogP contribution in [0.4, 0.5) is 0 Å². The molecule has 0 aromatic carbocycles. The number of hydrogen-bond donors (Lipinski definition) is 3. The quantitative estimate of drug-likeness (QED) is 0.615. The van der Waals surface area contributed by atoms with Crippen molar-refractivity contribution in [2.24, 2.45) is 0 Å². The molecule has 0 aliphatic heterocycles. The van der Waals surface area contributed by atoms with Gasteiger partial charge in [0.05, 0.1) is 12.7 Å². The van der Waals surface area contributed by atoms with Crippen molar-refractivity contribution in [3.8, 4) is 0 Å². The average Bonchev–Trinajstić information content (AvgIpc) is 2.90. The number of rotatable bonds is 9. The second-order valence-corrected chi connectivity index (χ2v) is 4.71. The maximum absolute atomic E-state index is 11.9. The van der Waals surface area contributed by atoms with E-state index in [1.807, 2.05) is 6.92 Å². The van der Waals surface area contributed by atoms with Crippen molar-refractivity contribution < 1.29 is 24.6 Å². The first-order chi connectivity index (χ1) is 9.93. The largest absolute Gasteiger partial charge is 0.481 e. The lowest BCUT2D eigenvalue weighted by Crippen LogP contribution is -2.42. The van der Waals surface area contributed by atoms with Crippen LogP contribution in [0.15, 0.2) is 18.7 Å². The minimum Gasteiger partial charge on any atom is -0.481 e. The Morgan fingerprint density at radius 3 is 2.48 bits per heavy atom. The van der Waals surface area contributed by atoms with Crippen LogP contribution >= 0.6 is 0 Å². The summed E-state index contributed by atoms with van der Waals surface area (Å²) < 4.78 is 1.79. The molecule has 1 aromatic rings. The van der Waals surface area contributed by atoms with Gasteiger partial charge in [0.2, 0.25) is 5.91 Å². The molecule has 1 aromatic heterocycles. The van der Waals surface area contributed by atoms with Crippen molar-refractivity contribution in [3.63, 3.8) is 0 Å². The highest BCUT2D eigenvalue weighted by Crippen LogP contribution is 2.17. The molecule has 0 bridgehead atoms. The van der Waals surface area contributed by atoms with Crippen molar-refractivity contribution in [1.82, 2.24) is 14.9 Å². The Balaban J connectivity index is 2.64. The zero-order valence-corrected chi connectivity index (χ0v) is 11.7. The van der Waals surface area contributed by atoms with Crippen LogP contribution in [-0.4, -0.2) is 43.7 Å². The first-order valence-electron chi connectivity index (χ1n) is 6.65. The summed E-state index contributed by atoms with van der Waals surface area (Å²) in [6.07, 6.45) is 5.95. The second kappa shape index (κ2) is 8.03. The Morgan fingerprint density at radius 1 is 1.29 bits per heavy atom. The third-order valence-electron chi connectivity index (χ3n) is 3.00. The predicted octanol–water partition coefficient (Wildman–Crippen LogP) is 0.658. The fourth-order valence-corrected chi connectivity index (χ4v) is 2.02. The van der Waals surface area contributed by atoms with Crippen LogP contribution in [0, 0.1) is 0 Å². The summed E-state index contributed by atoms with van der Waals surface area (Å²) in [7, 11) is 0. The number of aromatic nitrogens is 2. The van der Waals surface area contributed by atoms with Gasteiger partial charge in [-0.1, -0.05) is 13.3 Å². The smallest absolute Gasteiger partial charge is 0.326 e. The monoisotopic (exact) mass is 297 g/mol. The fraction of sp³-hybridized carbons (Fsp3) is 0.538. The average molecular weight is 297 g/mol. The number of nitrogens with zero attached hydrogens (tertiary/aromatic N) is 2. The molecule has 0 saturated carbocycles. The molecule has 1 heterocycles. The maximum atomic E-state index is 11.9. The van der Waals surface area contributed by atoms with E-state index in [4.69, 9.17) is 10.2 Å². The van der Waals surface area contributed by atoms with Crippen molar-refractivity contribution >= 4 is 17.8 Å². The molecule has 1 unspecified atom stereocenters. The summed E-state index contributed by atoms with van der Waals surface area (Å²) in [5.74, 6) is -3.13. The number of carboxylic acid groups (broad SMARTS) is 2. The molecule has 2 atom stereocenters. The fourth-order valence-electron chi connectivity index (χ4n) is 2.02. The molecule has 8 heteroatoms. The highest BCUT2D eigenvalue weighted by atomic mass is 16.4. The van der Waals surface area contributed by atoms with Crippen molar-refractivity contribution in [1.29, 1.82) is 0 Å². The summed E-state index contributed by atoms with van der Waals surface area (Å²) in [6, 6.07) is -1.54. The van der Waals surface area contributed by atoms with Crippen LogP contribution in [0.3, 0.4) is 0 Å². The number of carboxylic acids is 2. The summed E-state index contributed by atoms with van der Waals surface area (Å²) in [5, 5.41) is 19.8. The zero-order valence-electron chi connectivity index (χ0n) is 11.7. The first kappa shape index (κ1) is 16.7. The number of hydrogen-bond acceptors (Lipinski definition) is 4. The molecule has 0 aliphatic rings. The van der Waals surface area contributed by atoms with E-state index in [2.05, 4.69) is 10.3 Å². The van der Waals surface area contributed by atoms with Gasteiger partial charge in [0.25, 0.3) is 0 Å². The predicted molar refractivity (Wildman–Crippen MR) is 72.6 cm³/mol. The van der Waals surface area contributed by atoms with Crippen LogP contribution < -0.4 is 5.32 Å². The van der Waals surface area contributed by atoms with Crippen molar-refractivity contribution in [2.75, 3.05) is 0 Å². The van der Waals surface area contributed by atoms with Gasteiger partial charge in [-0.25, -0.2) is 9.78 Å². The number of carbonyl (C=O) groups is 3. The van der Waals surface area contributed by atoms with Crippen molar-refractivity contribution in [2.45, 2.75) is 44.7 Å². The first-order valence-corrected chi connectivity index (χ1v) is 6.65. The Labute approximate surface area is 121 Å². The second-order valence-electron chi connectivity index (χ2n) is 4.71. The molecule has 21 heavy (non-hydrogen) atoms. The molecular weight excluding hydrogens is 278 g/mol. The van der Waals surface area contributed by atoms with E-state index >= 15 is 0 Å². The third-order valence-corrected chi connectivity index (χ3v) is 3.00. The number of aliphatic carboxylic acids is 2. The van der Waals surface area contributed by atoms with Gasteiger partial charge in [0.1, 0.15) is 6.04 Å². The van der Waals surface area contributed by atoms with E-state index in [0.717, 1.165) is 12.8 Å². The van der Waals surface area contributed by atoms with E-state index in [1.54, 1.807) is 23.3 Å². The standard InChI is InChI=1S/C13H19N3O5/c1-2-3-9(16-5-4-14-8-16)6-11(17)15-10(13(20)21)7-12(18)19/h4-5,8-10H,2-3,6-7H2,1H3,(H,15,17)(H,18,19)(H,20,21)/t9?,10-/m0/s1. The molecule has 0 aliphatic carbocycles. The molecule has 3 N–H and O–H groups in total. The van der Waals surface area contributed by atoms with Gasteiger partial charge >= 0.3 is 11.9 Å². The summed E-state index contributed by atoms with van der Waals surface area (Å²) in [5.41, 5.74) is 0. The Bertz CT molecular complexity index is 486. The maximum Gasteiger partial charge on any atom is 0.326 e. The lowest BCUT2D eigenvalue weighted by atomic mass is 10.1. The number of amides is 1. The Morgan fingerprint density at radius 2 is 2.00 bits per heavy atom.